The highest BCUT2D eigenvalue weighted by Gasteiger charge is 2.03. The summed E-state index contributed by atoms with van der Waals surface area (Å²) < 4.78 is 0. The van der Waals surface area contributed by atoms with Crippen molar-refractivity contribution >= 4 is 17.7 Å². The molecule has 5 nitrogen and oxygen atoms in total. The number of likely N-dealkylation sites (N-methyl/N-ethyl adjacent to an activating group) is 1. The summed E-state index contributed by atoms with van der Waals surface area (Å²) in [6, 6.07) is 6.09. The maximum Gasteiger partial charge on any atom is 0.270 e. The summed E-state index contributed by atoms with van der Waals surface area (Å²) >= 11 is 0. The molecule has 0 heterocycles. The monoisotopic (exact) mass is 220 g/mol. The van der Waals surface area contributed by atoms with Gasteiger partial charge in [0.15, 0.2) is 0 Å². The standard InChI is InChI=1S/C11H12N2O3/c1-2-12-11(14)7-6-9-4-3-5-10(8-9)13(15)16/h3-8H,2H2,1H3,(H,12,14). The van der Waals surface area contributed by atoms with Gasteiger partial charge >= 0.3 is 0 Å². The number of carbonyl (C=O) groups is 1. The molecule has 1 rings (SSSR count). The smallest absolute Gasteiger partial charge is 0.270 e. The zero-order valence-corrected chi connectivity index (χ0v) is 8.84. The maximum atomic E-state index is 11.1. The van der Waals surface area contributed by atoms with Crippen LogP contribution in [0.1, 0.15) is 12.5 Å². The molecule has 1 aromatic carbocycles. The minimum absolute atomic E-state index is 0.0121. The first-order valence-corrected chi connectivity index (χ1v) is 4.84. The molecular formula is C11H12N2O3. The van der Waals surface area contributed by atoms with Crippen LogP contribution >= 0.6 is 0 Å². The maximum absolute atomic E-state index is 11.1. The predicted octanol–water partition coefficient (Wildman–Crippen LogP) is 1.74. The molecule has 0 aliphatic rings. The average molecular weight is 220 g/mol. The van der Waals surface area contributed by atoms with Gasteiger partial charge in [-0.25, -0.2) is 0 Å². The summed E-state index contributed by atoms with van der Waals surface area (Å²) in [4.78, 5) is 21.1. The van der Waals surface area contributed by atoms with Crippen molar-refractivity contribution in [1.29, 1.82) is 0 Å². The number of nitrogens with one attached hydrogen (secondary N) is 1. The fourth-order valence-corrected chi connectivity index (χ4v) is 1.15. The number of non-ortho nitro benzene ring substituents is 1. The first-order chi connectivity index (χ1) is 7.63. The number of nitro groups is 1. The minimum Gasteiger partial charge on any atom is -0.353 e. The molecule has 0 atom stereocenters. The molecule has 0 saturated heterocycles. The summed E-state index contributed by atoms with van der Waals surface area (Å²) in [6.07, 6.45) is 2.89. The third kappa shape index (κ3) is 3.53. The number of nitro benzene ring substituents is 1. The zero-order chi connectivity index (χ0) is 12.0. The van der Waals surface area contributed by atoms with Gasteiger partial charge < -0.3 is 5.32 Å². The van der Waals surface area contributed by atoms with E-state index in [0.717, 1.165) is 0 Å². The van der Waals surface area contributed by atoms with Gasteiger partial charge in [0, 0.05) is 24.8 Å². The molecule has 0 aromatic heterocycles. The highest BCUT2D eigenvalue weighted by molar-refractivity contribution is 5.91. The Labute approximate surface area is 92.9 Å². The molecule has 0 fully saturated rings. The van der Waals surface area contributed by atoms with E-state index < -0.39 is 4.92 Å². The molecule has 0 spiro atoms. The Morgan fingerprint density at radius 1 is 1.56 bits per heavy atom. The van der Waals surface area contributed by atoms with Crippen LogP contribution in [-0.2, 0) is 4.79 Å². The van der Waals surface area contributed by atoms with Crippen molar-refractivity contribution < 1.29 is 9.72 Å². The second kappa shape index (κ2) is 5.65. The van der Waals surface area contributed by atoms with Gasteiger partial charge in [0.1, 0.15) is 0 Å². The molecule has 0 saturated carbocycles. The lowest BCUT2D eigenvalue weighted by molar-refractivity contribution is -0.384. The number of nitrogens with zero attached hydrogens (tertiary/aromatic N) is 1. The van der Waals surface area contributed by atoms with Crippen molar-refractivity contribution in [3.63, 3.8) is 0 Å². The van der Waals surface area contributed by atoms with Crippen LogP contribution in [0.4, 0.5) is 5.69 Å². The van der Waals surface area contributed by atoms with Gasteiger partial charge in [-0.1, -0.05) is 12.1 Å². The second-order valence-electron chi connectivity index (χ2n) is 3.08. The SMILES string of the molecule is CCNC(=O)C=Cc1cccc([N+](=O)[O-])c1. The van der Waals surface area contributed by atoms with E-state index in [0.29, 0.717) is 12.1 Å². The molecule has 0 aliphatic heterocycles. The van der Waals surface area contributed by atoms with Crippen LogP contribution in [0.2, 0.25) is 0 Å². The molecule has 0 aliphatic carbocycles. The van der Waals surface area contributed by atoms with Gasteiger partial charge in [-0.2, -0.15) is 0 Å². The number of hydrogen-bond acceptors (Lipinski definition) is 3. The fraction of sp³-hybridized carbons (Fsp3) is 0.182. The number of amides is 1. The van der Waals surface area contributed by atoms with Gasteiger partial charge in [-0.15, -0.1) is 0 Å². The quantitative estimate of drug-likeness (QED) is 0.477. The van der Waals surface area contributed by atoms with E-state index in [2.05, 4.69) is 5.32 Å². The van der Waals surface area contributed by atoms with Crippen molar-refractivity contribution in [1.82, 2.24) is 5.32 Å². The highest BCUT2D eigenvalue weighted by atomic mass is 16.6. The Bertz CT molecular complexity index is 427. The summed E-state index contributed by atoms with van der Waals surface area (Å²) in [7, 11) is 0. The van der Waals surface area contributed by atoms with E-state index in [9.17, 15) is 14.9 Å². The van der Waals surface area contributed by atoms with Crippen LogP contribution < -0.4 is 5.32 Å². The number of carbonyl (C=O) groups excluding carboxylic acids is 1. The molecule has 0 radical (unpaired) electrons. The van der Waals surface area contributed by atoms with Crippen LogP contribution in [0.3, 0.4) is 0 Å². The Morgan fingerprint density at radius 2 is 2.31 bits per heavy atom. The molecule has 1 aromatic rings. The largest absolute Gasteiger partial charge is 0.353 e. The Morgan fingerprint density at radius 3 is 2.94 bits per heavy atom. The minimum atomic E-state index is -0.469. The molecule has 1 N–H and O–H groups in total. The van der Waals surface area contributed by atoms with Crippen molar-refractivity contribution in [2.45, 2.75) is 6.92 Å². The lowest BCUT2D eigenvalue weighted by Gasteiger charge is -1.96. The first kappa shape index (κ1) is 11.9. The molecule has 5 heteroatoms. The third-order valence-corrected chi connectivity index (χ3v) is 1.86. The van der Waals surface area contributed by atoms with E-state index in [-0.39, 0.29) is 11.6 Å². The van der Waals surface area contributed by atoms with Crippen molar-refractivity contribution in [3.8, 4) is 0 Å². The molecule has 16 heavy (non-hydrogen) atoms. The van der Waals surface area contributed by atoms with Gasteiger partial charge in [0.05, 0.1) is 4.92 Å². The molecular weight excluding hydrogens is 208 g/mol. The number of benzene rings is 1. The summed E-state index contributed by atoms with van der Waals surface area (Å²) in [5, 5.41) is 13.1. The van der Waals surface area contributed by atoms with Crippen molar-refractivity contribution in [2.24, 2.45) is 0 Å². The van der Waals surface area contributed by atoms with Gasteiger partial charge in [0.25, 0.3) is 5.69 Å². The van der Waals surface area contributed by atoms with E-state index >= 15 is 0 Å². The Kier molecular flexibility index (Phi) is 4.20. The number of hydrogen-bond donors (Lipinski definition) is 1. The summed E-state index contributed by atoms with van der Waals surface area (Å²) in [5.74, 6) is -0.214. The van der Waals surface area contributed by atoms with Gasteiger partial charge in [-0.3, -0.25) is 14.9 Å². The normalized spacial score (nSPS) is 10.3. The van der Waals surface area contributed by atoms with Gasteiger partial charge in [-0.05, 0) is 18.6 Å². The highest BCUT2D eigenvalue weighted by Crippen LogP contribution is 2.13. The fourth-order valence-electron chi connectivity index (χ4n) is 1.15. The van der Waals surface area contributed by atoms with E-state index in [1.165, 1.54) is 24.3 Å². The van der Waals surface area contributed by atoms with Crippen LogP contribution in [0, 0.1) is 10.1 Å². The summed E-state index contributed by atoms with van der Waals surface area (Å²) in [6.45, 7) is 2.37. The molecule has 0 bridgehead atoms. The van der Waals surface area contributed by atoms with E-state index in [4.69, 9.17) is 0 Å². The average Bonchev–Trinajstić information content (AvgIpc) is 2.27. The Hall–Kier alpha value is -2.17. The van der Waals surface area contributed by atoms with Crippen LogP contribution in [-0.4, -0.2) is 17.4 Å². The molecule has 84 valence electrons. The predicted molar refractivity (Wildman–Crippen MR) is 60.8 cm³/mol. The first-order valence-electron chi connectivity index (χ1n) is 4.84. The van der Waals surface area contributed by atoms with Crippen LogP contribution in [0.5, 0.6) is 0 Å². The lowest BCUT2D eigenvalue weighted by Crippen LogP contribution is -2.19. The molecule has 1 amide bonds. The third-order valence-electron chi connectivity index (χ3n) is 1.86. The van der Waals surface area contributed by atoms with Gasteiger partial charge in [0.2, 0.25) is 5.91 Å². The van der Waals surface area contributed by atoms with Crippen LogP contribution in [0.15, 0.2) is 30.3 Å². The van der Waals surface area contributed by atoms with Crippen molar-refractivity contribution in [3.05, 3.63) is 46.0 Å². The van der Waals surface area contributed by atoms with E-state index in [1.54, 1.807) is 12.1 Å². The Balaban J connectivity index is 2.77. The molecule has 0 unspecified atom stereocenters. The topological polar surface area (TPSA) is 72.2 Å². The second-order valence-corrected chi connectivity index (χ2v) is 3.08. The summed E-state index contributed by atoms with van der Waals surface area (Å²) in [5.41, 5.74) is 0.638. The zero-order valence-electron chi connectivity index (χ0n) is 8.84. The van der Waals surface area contributed by atoms with Crippen molar-refractivity contribution in [2.75, 3.05) is 6.54 Å². The lowest BCUT2D eigenvalue weighted by atomic mass is 10.2. The number of rotatable bonds is 4. The van der Waals surface area contributed by atoms with E-state index in [1.807, 2.05) is 6.92 Å². The van der Waals surface area contributed by atoms with Crippen LogP contribution in [0.25, 0.3) is 6.08 Å².